The second-order valence-corrected chi connectivity index (χ2v) is 2.41. The normalized spacial score (nSPS) is 31.5. The molecule has 1 aliphatic rings. The highest BCUT2D eigenvalue weighted by molar-refractivity contribution is 4.73. The molecule has 2 heteroatoms. The van der Waals surface area contributed by atoms with E-state index in [4.69, 9.17) is 5.11 Å². The minimum atomic E-state index is 0.325. The Kier molecular flexibility index (Phi) is 1.86. The minimum Gasteiger partial charge on any atom is -0.459 e. The number of hydrogen-bond acceptors (Lipinski definition) is 2. The zero-order chi connectivity index (χ0) is 5.98. The third-order valence-electron chi connectivity index (χ3n) is 1.63. The molecule has 8 heavy (non-hydrogen) atoms. The van der Waals surface area contributed by atoms with Crippen molar-refractivity contribution in [2.75, 3.05) is 19.7 Å². The first-order valence-electron chi connectivity index (χ1n) is 2.99. The van der Waals surface area contributed by atoms with Gasteiger partial charge in [-0.3, -0.25) is 7.05 Å². The van der Waals surface area contributed by atoms with E-state index in [0.29, 0.717) is 12.5 Å². The fourth-order valence-corrected chi connectivity index (χ4v) is 1.06. The lowest BCUT2D eigenvalue weighted by Crippen LogP contribution is -2.13. The first-order valence-corrected chi connectivity index (χ1v) is 2.99. The van der Waals surface area contributed by atoms with Crippen molar-refractivity contribution in [3.05, 3.63) is 7.05 Å². The summed E-state index contributed by atoms with van der Waals surface area (Å²) in [5, 5.41) is 8.63. The average Bonchev–Trinajstić information content (AvgIpc) is 2.14. The maximum absolute atomic E-state index is 8.63. The smallest absolute Gasteiger partial charge is 0.0471 e. The van der Waals surface area contributed by atoms with Gasteiger partial charge in [-0.1, -0.05) is 0 Å². The molecule has 2 nitrogen and oxygen atoms in total. The molecule has 0 aromatic heterocycles. The van der Waals surface area contributed by atoms with Crippen molar-refractivity contribution in [2.24, 2.45) is 5.92 Å². The molecule has 1 atom stereocenters. The summed E-state index contributed by atoms with van der Waals surface area (Å²) >= 11 is 0. The maximum atomic E-state index is 8.63. The average molecular weight is 114 g/mol. The monoisotopic (exact) mass is 114 g/mol. The summed E-state index contributed by atoms with van der Waals surface area (Å²) in [7, 11) is 3.76. The zero-order valence-corrected chi connectivity index (χ0v) is 5.01. The van der Waals surface area contributed by atoms with Crippen molar-refractivity contribution in [2.45, 2.75) is 6.42 Å². The molecule has 0 aliphatic carbocycles. The third-order valence-corrected chi connectivity index (χ3v) is 1.63. The molecule has 0 aromatic carbocycles. The van der Waals surface area contributed by atoms with Crippen LogP contribution in [0.4, 0.5) is 0 Å². The van der Waals surface area contributed by atoms with Gasteiger partial charge in [-0.25, -0.2) is 0 Å². The van der Waals surface area contributed by atoms with Gasteiger partial charge in [0, 0.05) is 6.61 Å². The van der Waals surface area contributed by atoms with Crippen LogP contribution in [-0.2, 0) is 0 Å². The van der Waals surface area contributed by atoms with E-state index >= 15 is 0 Å². The molecule has 0 amide bonds. The maximum Gasteiger partial charge on any atom is 0.0471 e. The summed E-state index contributed by atoms with van der Waals surface area (Å²) in [5.74, 6) is 0.493. The van der Waals surface area contributed by atoms with E-state index < -0.39 is 0 Å². The van der Waals surface area contributed by atoms with Gasteiger partial charge in [0.25, 0.3) is 0 Å². The molecule has 0 aromatic rings. The molecule has 48 valence electrons. The van der Waals surface area contributed by atoms with Gasteiger partial charge in [0.2, 0.25) is 0 Å². The van der Waals surface area contributed by atoms with Crippen LogP contribution in [0.25, 0.3) is 0 Å². The van der Waals surface area contributed by atoms with E-state index in [1.807, 2.05) is 4.90 Å². The molecule has 1 N–H and O–H groups in total. The van der Waals surface area contributed by atoms with Gasteiger partial charge in [-0.2, -0.15) is 0 Å². The Bertz CT molecular complexity index is 74.9. The number of nitrogens with zero attached hydrogens (tertiary/aromatic N) is 1. The molecule has 0 spiro atoms. The Morgan fingerprint density at radius 2 is 2.50 bits per heavy atom. The molecule has 1 fully saturated rings. The predicted octanol–water partition coefficient (Wildman–Crippen LogP) is 0.0922. The molecule has 0 bridgehead atoms. The van der Waals surface area contributed by atoms with Crippen molar-refractivity contribution in [3.63, 3.8) is 0 Å². The van der Waals surface area contributed by atoms with Gasteiger partial charge >= 0.3 is 0 Å². The summed E-state index contributed by atoms with van der Waals surface area (Å²) < 4.78 is 0. The Morgan fingerprint density at radius 3 is 2.75 bits per heavy atom. The predicted molar refractivity (Wildman–Crippen MR) is 32.1 cm³/mol. The Hall–Kier alpha value is -0.0800. The Balaban J connectivity index is 2.22. The van der Waals surface area contributed by atoms with Crippen LogP contribution in [0.3, 0.4) is 0 Å². The van der Waals surface area contributed by atoms with Crippen LogP contribution in [0.15, 0.2) is 0 Å². The highest BCUT2D eigenvalue weighted by Crippen LogP contribution is 2.12. The number of rotatable bonds is 1. The summed E-state index contributed by atoms with van der Waals surface area (Å²) in [6.07, 6.45) is 1.11. The first kappa shape index (κ1) is 6.05. The van der Waals surface area contributed by atoms with E-state index in [9.17, 15) is 0 Å². The van der Waals surface area contributed by atoms with Gasteiger partial charge in [-0.05, 0) is 25.4 Å². The quantitative estimate of drug-likeness (QED) is 0.488. The summed E-state index contributed by atoms with van der Waals surface area (Å²) in [5.41, 5.74) is 0. The van der Waals surface area contributed by atoms with E-state index in [2.05, 4.69) is 7.05 Å². The van der Waals surface area contributed by atoms with Gasteiger partial charge in [-0.15, -0.1) is 0 Å². The van der Waals surface area contributed by atoms with Crippen LogP contribution in [0, 0.1) is 13.0 Å². The van der Waals surface area contributed by atoms with Gasteiger partial charge < -0.3 is 10.0 Å². The Labute approximate surface area is 50.1 Å². The molecule has 1 heterocycles. The van der Waals surface area contributed by atoms with Gasteiger partial charge in [0.15, 0.2) is 0 Å². The fraction of sp³-hybridized carbons (Fsp3) is 0.833. The summed E-state index contributed by atoms with van der Waals surface area (Å²) in [4.78, 5) is 2.00. The molecule has 0 radical (unpaired) electrons. The molecule has 1 rings (SSSR count). The largest absolute Gasteiger partial charge is 0.459 e. The number of aliphatic hydroxyl groups excluding tert-OH is 1. The molecular formula is C6H12NO-. The van der Waals surface area contributed by atoms with Crippen molar-refractivity contribution in [1.82, 2.24) is 4.90 Å². The van der Waals surface area contributed by atoms with Crippen molar-refractivity contribution >= 4 is 0 Å². The standard InChI is InChI=1S/C6H12NO/c1-7-3-2-6(4-7)5-8/h6,8H,1-5H2/q-1. The number of aliphatic hydroxyl groups is 1. The second-order valence-electron chi connectivity index (χ2n) is 2.41. The minimum absolute atomic E-state index is 0.325. The van der Waals surface area contributed by atoms with Crippen LogP contribution >= 0.6 is 0 Å². The third kappa shape index (κ3) is 1.20. The Morgan fingerprint density at radius 1 is 1.75 bits per heavy atom. The topological polar surface area (TPSA) is 23.5 Å². The molecular weight excluding hydrogens is 102 g/mol. The molecule has 1 unspecified atom stereocenters. The van der Waals surface area contributed by atoms with Crippen LogP contribution in [0.1, 0.15) is 6.42 Å². The van der Waals surface area contributed by atoms with E-state index in [-0.39, 0.29) is 0 Å². The van der Waals surface area contributed by atoms with Crippen molar-refractivity contribution < 1.29 is 5.11 Å². The molecule has 1 saturated heterocycles. The second kappa shape index (κ2) is 2.46. The lowest BCUT2D eigenvalue weighted by molar-refractivity contribution is 0.230. The zero-order valence-electron chi connectivity index (χ0n) is 5.01. The fourth-order valence-electron chi connectivity index (χ4n) is 1.06. The van der Waals surface area contributed by atoms with E-state index in [1.54, 1.807) is 0 Å². The lowest BCUT2D eigenvalue weighted by atomic mass is 10.1. The van der Waals surface area contributed by atoms with Crippen molar-refractivity contribution in [1.29, 1.82) is 0 Å². The summed E-state index contributed by atoms with van der Waals surface area (Å²) in [6.45, 7) is 2.34. The first-order chi connectivity index (χ1) is 3.83. The highest BCUT2D eigenvalue weighted by atomic mass is 16.3. The SMILES string of the molecule is [CH2-]N1CCC(CO)C1. The van der Waals surface area contributed by atoms with Crippen LogP contribution in [0.5, 0.6) is 0 Å². The van der Waals surface area contributed by atoms with E-state index in [0.717, 1.165) is 19.5 Å². The van der Waals surface area contributed by atoms with Gasteiger partial charge in [0.05, 0.1) is 0 Å². The van der Waals surface area contributed by atoms with E-state index in [1.165, 1.54) is 0 Å². The van der Waals surface area contributed by atoms with Crippen LogP contribution in [-0.4, -0.2) is 29.7 Å². The molecule has 0 saturated carbocycles. The highest BCUT2D eigenvalue weighted by Gasteiger charge is 2.13. The van der Waals surface area contributed by atoms with Crippen LogP contribution in [0.2, 0.25) is 0 Å². The van der Waals surface area contributed by atoms with Crippen LogP contribution < -0.4 is 0 Å². The lowest BCUT2D eigenvalue weighted by Gasteiger charge is -2.15. The molecule has 1 aliphatic heterocycles. The van der Waals surface area contributed by atoms with Crippen molar-refractivity contribution in [3.8, 4) is 0 Å². The number of likely N-dealkylation sites (tertiary alicyclic amines) is 1. The summed E-state index contributed by atoms with van der Waals surface area (Å²) in [6, 6.07) is 0. The number of hydrogen-bond donors (Lipinski definition) is 1. The van der Waals surface area contributed by atoms with Gasteiger partial charge in [0.1, 0.15) is 0 Å².